The van der Waals surface area contributed by atoms with E-state index >= 15 is 0 Å². The normalized spacial score (nSPS) is 19.8. The average molecular weight is 484 g/mol. The molecule has 0 radical (unpaired) electrons. The molecule has 2 heterocycles. The van der Waals surface area contributed by atoms with E-state index in [1.165, 1.54) is 4.31 Å². The van der Waals surface area contributed by atoms with E-state index in [0.717, 1.165) is 24.0 Å². The van der Waals surface area contributed by atoms with Gasteiger partial charge in [-0.1, -0.05) is 48.0 Å². The maximum atomic E-state index is 13.3. The van der Waals surface area contributed by atoms with Gasteiger partial charge in [0, 0.05) is 32.1 Å². The Balaban J connectivity index is 1.30. The highest BCUT2D eigenvalue weighted by Gasteiger charge is 2.39. The molecule has 1 unspecified atom stereocenters. The van der Waals surface area contributed by atoms with Crippen LogP contribution in [-0.4, -0.2) is 61.7 Å². The Morgan fingerprint density at radius 3 is 2.29 bits per heavy atom. The van der Waals surface area contributed by atoms with Crippen LogP contribution in [0, 0.1) is 12.8 Å². The molecule has 0 aliphatic carbocycles. The van der Waals surface area contributed by atoms with Gasteiger partial charge in [0.2, 0.25) is 21.8 Å². The molecule has 2 aliphatic heterocycles. The number of nitrogens with zero attached hydrogens (tertiary/aromatic N) is 2. The predicted molar refractivity (Wildman–Crippen MR) is 131 cm³/mol. The Bertz CT molecular complexity index is 1090. The summed E-state index contributed by atoms with van der Waals surface area (Å²) in [5, 5.41) is 2.99. The highest BCUT2D eigenvalue weighted by molar-refractivity contribution is 7.89. The second-order valence-electron chi connectivity index (χ2n) is 9.21. The second-order valence-corrected chi connectivity index (χ2v) is 11.1. The van der Waals surface area contributed by atoms with Crippen molar-refractivity contribution in [3.63, 3.8) is 0 Å². The minimum Gasteiger partial charge on any atom is -0.354 e. The summed E-state index contributed by atoms with van der Waals surface area (Å²) in [6, 6.07) is 16.4. The van der Waals surface area contributed by atoms with Gasteiger partial charge in [0.25, 0.3) is 0 Å². The van der Waals surface area contributed by atoms with Crippen LogP contribution in [0.5, 0.6) is 0 Å². The summed E-state index contributed by atoms with van der Waals surface area (Å²) >= 11 is 0. The van der Waals surface area contributed by atoms with E-state index in [1.54, 1.807) is 29.2 Å². The molecular formula is C26H33N3O4S. The fourth-order valence-electron chi connectivity index (χ4n) is 4.83. The lowest BCUT2D eigenvalue weighted by Gasteiger charge is -2.34. The zero-order chi connectivity index (χ0) is 24.1. The first-order chi connectivity index (χ1) is 16.4. The van der Waals surface area contributed by atoms with Gasteiger partial charge in [0.05, 0.1) is 4.90 Å². The van der Waals surface area contributed by atoms with Crippen molar-refractivity contribution in [2.45, 2.75) is 50.0 Å². The first-order valence-corrected chi connectivity index (χ1v) is 13.5. The lowest BCUT2D eigenvalue weighted by Crippen LogP contribution is -2.50. The molecule has 2 fully saturated rings. The van der Waals surface area contributed by atoms with Crippen LogP contribution in [0.25, 0.3) is 0 Å². The van der Waals surface area contributed by atoms with Crippen LogP contribution in [-0.2, 0) is 26.0 Å². The molecule has 1 N–H and O–H groups in total. The Hall–Kier alpha value is -2.71. The number of aryl methyl sites for hydroxylation is 1. The van der Waals surface area contributed by atoms with Crippen molar-refractivity contribution in [3.05, 3.63) is 65.7 Å². The third-order valence-corrected chi connectivity index (χ3v) is 8.77. The number of piperidine rings is 1. The van der Waals surface area contributed by atoms with Gasteiger partial charge in [-0.2, -0.15) is 4.31 Å². The van der Waals surface area contributed by atoms with Gasteiger partial charge < -0.3 is 10.2 Å². The van der Waals surface area contributed by atoms with Crippen molar-refractivity contribution < 1.29 is 18.0 Å². The van der Waals surface area contributed by atoms with Gasteiger partial charge in [-0.05, 0) is 56.7 Å². The summed E-state index contributed by atoms with van der Waals surface area (Å²) in [4.78, 5) is 28.1. The second kappa shape index (κ2) is 10.7. The van der Waals surface area contributed by atoms with Gasteiger partial charge in [0.1, 0.15) is 6.04 Å². The van der Waals surface area contributed by atoms with E-state index in [1.807, 2.05) is 37.3 Å². The molecule has 0 bridgehead atoms. The van der Waals surface area contributed by atoms with Crippen LogP contribution in [0.1, 0.15) is 36.8 Å². The maximum Gasteiger partial charge on any atom is 0.243 e. The number of carbonyl (C=O) groups excluding carboxylic acids is 2. The van der Waals surface area contributed by atoms with E-state index in [-0.39, 0.29) is 22.6 Å². The highest BCUT2D eigenvalue weighted by Crippen LogP contribution is 2.28. The van der Waals surface area contributed by atoms with Crippen molar-refractivity contribution in [1.29, 1.82) is 0 Å². The quantitative estimate of drug-likeness (QED) is 0.656. The first kappa shape index (κ1) is 24.4. The molecular weight excluding hydrogens is 450 g/mol. The fraction of sp³-hybridized carbons (Fsp3) is 0.462. The molecule has 2 saturated heterocycles. The molecule has 2 aromatic carbocycles. The Morgan fingerprint density at radius 2 is 1.62 bits per heavy atom. The smallest absolute Gasteiger partial charge is 0.243 e. The summed E-state index contributed by atoms with van der Waals surface area (Å²) in [6.45, 7) is 3.67. The molecule has 182 valence electrons. The number of nitrogens with one attached hydrogen (secondary N) is 1. The standard InChI is InChI=1S/C26H33N3O4S/c1-20-9-11-23(12-10-20)34(32,33)28-18-14-22(15-19-28)26(31)29-17-5-8-24(29)25(30)27-16-13-21-6-3-2-4-7-21/h2-4,6-7,9-12,22,24H,5,8,13-19H2,1H3,(H,27,30). The molecule has 0 aromatic heterocycles. The molecule has 34 heavy (non-hydrogen) atoms. The van der Waals surface area contributed by atoms with E-state index in [4.69, 9.17) is 0 Å². The number of likely N-dealkylation sites (tertiary alicyclic amines) is 1. The van der Waals surface area contributed by atoms with Gasteiger partial charge in [-0.25, -0.2) is 8.42 Å². The first-order valence-electron chi connectivity index (χ1n) is 12.1. The van der Waals surface area contributed by atoms with E-state index in [2.05, 4.69) is 5.32 Å². The largest absolute Gasteiger partial charge is 0.354 e. The van der Waals surface area contributed by atoms with Crippen molar-refractivity contribution in [1.82, 2.24) is 14.5 Å². The van der Waals surface area contributed by atoms with Crippen LogP contribution < -0.4 is 5.32 Å². The molecule has 2 aromatic rings. The van der Waals surface area contributed by atoms with Crippen LogP contribution in [0.4, 0.5) is 0 Å². The topological polar surface area (TPSA) is 86.8 Å². The SMILES string of the molecule is Cc1ccc(S(=O)(=O)N2CCC(C(=O)N3CCCC3C(=O)NCCc3ccccc3)CC2)cc1. The van der Waals surface area contributed by atoms with E-state index in [9.17, 15) is 18.0 Å². The number of carbonyl (C=O) groups is 2. The number of hydrogen-bond donors (Lipinski definition) is 1. The number of benzene rings is 2. The molecule has 8 heteroatoms. The lowest BCUT2D eigenvalue weighted by atomic mass is 9.96. The van der Waals surface area contributed by atoms with Crippen molar-refractivity contribution in [3.8, 4) is 0 Å². The number of sulfonamides is 1. The summed E-state index contributed by atoms with van der Waals surface area (Å²) in [5.74, 6) is -0.364. The zero-order valence-corrected chi connectivity index (χ0v) is 20.5. The Labute approximate surface area is 202 Å². The lowest BCUT2D eigenvalue weighted by molar-refractivity contribution is -0.142. The third kappa shape index (κ3) is 5.50. The molecule has 0 saturated carbocycles. The van der Waals surface area contributed by atoms with Crippen LogP contribution in [0.2, 0.25) is 0 Å². The third-order valence-electron chi connectivity index (χ3n) is 6.86. The van der Waals surface area contributed by atoms with E-state index in [0.29, 0.717) is 45.4 Å². The van der Waals surface area contributed by atoms with Crippen molar-refractivity contribution in [2.24, 2.45) is 5.92 Å². The van der Waals surface area contributed by atoms with Gasteiger partial charge in [-0.15, -0.1) is 0 Å². The van der Waals surface area contributed by atoms with Crippen LogP contribution >= 0.6 is 0 Å². The van der Waals surface area contributed by atoms with Crippen LogP contribution in [0.3, 0.4) is 0 Å². The summed E-state index contributed by atoms with van der Waals surface area (Å²) in [7, 11) is -3.56. The van der Waals surface area contributed by atoms with Crippen molar-refractivity contribution in [2.75, 3.05) is 26.2 Å². The molecule has 1 atom stereocenters. The summed E-state index contributed by atoms with van der Waals surface area (Å²) in [5.41, 5.74) is 2.17. The molecule has 4 rings (SSSR count). The molecule has 2 amide bonds. The number of amides is 2. The molecule has 7 nitrogen and oxygen atoms in total. The highest BCUT2D eigenvalue weighted by atomic mass is 32.2. The van der Waals surface area contributed by atoms with Gasteiger partial charge >= 0.3 is 0 Å². The minimum absolute atomic E-state index is 0.0203. The predicted octanol–water partition coefficient (Wildman–Crippen LogP) is 2.75. The monoisotopic (exact) mass is 483 g/mol. The van der Waals surface area contributed by atoms with Gasteiger partial charge in [0.15, 0.2) is 0 Å². The Morgan fingerprint density at radius 1 is 0.941 bits per heavy atom. The summed E-state index contributed by atoms with van der Waals surface area (Å²) in [6.07, 6.45) is 3.18. The number of rotatable bonds is 7. The fourth-order valence-corrected chi connectivity index (χ4v) is 6.30. The minimum atomic E-state index is -3.56. The van der Waals surface area contributed by atoms with Crippen LogP contribution in [0.15, 0.2) is 59.5 Å². The average Bonchev–Trinajstić information content (AvgIpc) is 3.35. The Kier molecular flexibility index (Phi) is 7.68. The molecule has 0 spiro atoms. The molecule has 2 aliphatic rings. The zero-order valence-electron chi connectivity index (χ0n) is 19.7. The van der Waals surface area contributed by atoms with E-state index < -0.39 is 16.1 Å². The summed E-state index contributed by atoms with van der Waals surface area (Å²) < 4.78 is 27.4. The maximum absolute atomic E-state index is 13.3. The van der Waals surface area contributed by atoms with Crippen molar-refractivity contribution >= 4 is 21.8 Å². The number of hydrogen-bond acceptors (Lipinski definition) is 4. The van der Waals surface area contributed by atoms with Gasteiger partial charge in [-0.3, -0.25) is 9.59 Å².